The maximum atomic E-state index is 12.2. The van der Waals surface area contributed by atoms with Gasteiger partial charge in [-0.15, -0.1) is 0 Å². The number of para-hydroxylation sites is 2. The fraction of sp³-hybridized carbons (Fsp3) is 0.0625. The van der Waals surface area contributed by atoms with Crippen LogP contribution in [-0.4, -0.2) is 12.5 Å². The second-order valence-corrected chi connectivity index (χ2v) is 4.38. The third-order valence-electron chi connectivity index (χ3n) is 3.22. The molecule has 0 aliphatic carbocycles. The molecule has 3 heteroatoms. The average molecular weight is 250 g/mol. The van der Waals surface area contributed by atoms with Gasteiger partial charge < -0.3 is 5.73 Å². The topological polar surface area (TPSA) is 46.3 Å². The lowest BCUT2D eigenvalue weighted by Gasteiger charge is -2.24. The van der Waals surface area contributed by atoms with Crippen LogP contribution in [0.4, 0.5) is 11.4 Å². The number of anilines is 2. The van der Waals surface area contributed by atoms with Gasteiger partial charge in [0, 0.05) is 0 Å². The number of hydrogen-bond donors (Lipinski definition) is 1. The number of amides is 1. The number of carbonyl (C=O) groups is 1. The molecule has 0 spiro atoms. The molecule has 1 amide bonds. The summed E-state index contributed by atoms with van der Waals surface area (Å²) in [5.74, 6) is -0.108. The highest BCUT2D eigenvalue weighted by Gasteiger charge is 2.22. The van der Waals surface area contributed by atoms with Crippen molar-refractivity contribution >= 4 is 29.4 Å². The van der Waals surface area contributed by atoms with Crippen molar-refractivity contribution < 1.29 is 4.79 Å². The molecule has 0 aromatic heterocycles. The molecule has 94 valence electrons. The highest BCUT2D eigenvalue weighted by Crippen LogP contribution is 2.35. The normalized spacial score (nSPS) is 12.6. The Morgan fingerprint density at radius 1 is 0.895 bits per heavy atom. The van der Waals surface area contributed by atoms with Gasteiger partial charge in [0.25, 0.3) is 0 Å². The van der Waals surface area contributed by atoms with Gasteiger partial charge in [-0.3, -0.25) is 9.69 Å². The summed E-state index contributed by atoms with van der Waals surface area (Å²) < 4.78 is 0. The lowest BCUT2D eigenvalue weighted by Crippen LogP contribution is -2.32. The zero-order chi connectivity index (χ0) is 13.2. The fourth-order valence-corrected chi connectivity index (χ4v) is 2.33. The van der Waals surface area contributed by atoms with E-state index in [1.165, 1.54) is 0 Å². The Hall–Kier alpha value is -2.39. The van der Waals surface area contributed by atoms with E-state index >= 15 is 0 Å². The molecule has 3 rings (SSSR count). The largest absolute Gasteiger partial charge is 0.322 e. The van der Waals surface area contributed by atoms with Crippen LogP contribution < -0.4 is 10.6 Å². The lowest BCUT2D eigenvalue weighted by molar-refractivity contribution is -0.116. The number of fused-ring (bicyclic) bond motifs is 2. The lowest BCUT2D eigenvalue weighted by atomic mass is 10.1. The van der Waals surface area contributed by atoms with E-state index in [4.69, 9.17) is 5.73 Å². The van der Waals surface area contributed by atoms with Crippen molar-refractivity contribution in [2.24, 2.45) is 5.73 Å². The first-order valence-electron chi connectivity index (χ1n) is 6.20. The van der Waals surface area contributed by atoms with Crippen molar-refractivity contribution in [3.8, 4) is 0 Å². The molecule has 2 aromatic rings. The third-order valence-corrected chi connectivity index (χ3v) is 3.22. The summed E-state index contributed by atoms with van der Waals surface area (Å²) in [6, 6.07) is 15.6. The minimum atomic E-state index is -0.108. The summed E-state index contributed by atoms with van der Waals surface area (Å²) in [7, 11) is 0. The number of hydrogen-bond acceptors (Lipinski definition) is 2. The van der Waals surface area contributed by atoms with Gasteiger partial charge in [-0.1, -0.05) is 48.6 Å². The van der Waals surface area contributed by atoms with Gasteiger partial charge in [0.1, 0.15) is 0 Å². The van der Waals surface area contributed by atoms with Crippen LogP contribution in [0.1, 0.15) is 11.1 Å². The number of carbonyl (C=O) groups excluding carboxylic acids is 1. The van der Waals surface area contributed by atoms with Crippen molar-refractivity contribution in [1.29, 1.82) is 0 Å². The molecule has 1 aliphatic heterocycles. The van der Waals surface area contributed by atoms with Gasteiger partial charge in [-0.25, -0.2) is 0 Å². The summed E-state index contributed by atoms with van der Waals surface area (Å²) in [6.07, 6.45) is 4.05. The second kappa shape index (κ2) is 4.71. The van der Waals surface area contributed by atoms with E-state index in [1.807, 2.05) is 60.7 Å². The maximum Gasteiger partial charge on any atom is 0.245 e. The highest BCUT2D eigenvalue weighted by atomic mass is 16.2. The Morgan fingerprint density at radius 2 is 1.37 bits per heavy atom. The summed E-state index contributed by atoms with van der Waals surface area (Å²) in [5, 5.41) is 0. The minimum Gasteiger partial charge on any atom is -0.322 e. The van der Waals surface area contributed by atoms with Crippen molar-refractivity contribution in [3.63, 3.8) is 0 Å². The molecule has 1 aliphatic rings. The van der Waals surface area contributed by atoms with Crippen LogP contribution in [0, 0.1) is 0 Å². The maximum absolute atomic E-state index is 12.2. The van der Waals surface area contributed by atoms with Gasteiger partial charge in [-0.2, -0.15) is 0 Å². The van der Waals surface area contributed by atoms with Crippen molar-refractivity contribution in [3.05, 3.63) is 59.7 Å². The van der Waals surface area contributed by atoms with Gasteiger partial charge in [0.2, 0.25) is 5.91 Å². The molecule has 0 saturated heterocycles. The van der Waals surface area contributed by atoms with Gasteiger partial charge >= 0.3 is 0 Å². The third kappa shape index (κ3) is 1.94. The van der Waals surface area contributed by atoms with E-state index in [2.05, 4.69) is 0 Å². The molecule has 1 heterocycles. The molecule has 3 nitrogen and oxygen atoms in total. The first-order chi connectivity index (χ1) is 9.31. The van der Waals surface area contributed by atoms with Crippen LogP contribution in [0.25, 0.3) is 12.2 Å². The Balaban J connectivity index is 2.27. The van der Waals surface area contributed by atoms with E-state index in [-0.39, 0.29) is 12.5 Å². The quantitative estimate of drug-likeness (QED) is 0.846. The smallest absolute Gasteiger partial charge is 0.245 e. The Labute approximate surface area is 112 Å². The summed E-state index contributed by atoms with van der Waals surface area (Å²) in [6.45, 7) is -0.0112. The van der Waals surface area contributed by atoms with Gasteiger partial charge in [-0.05, 0) is 23.3 Å². The highest BCUT2D eigenvalue weighted by molar-refractivity contribution is 6.06. The van der Waals surface area contributed by atoms with E-state index < -0.39 is 0 Å². The minimum absolute atomic E-state index is 0.0112. The summed E-state index contributed by atoms with van der Waals surface area (Å²) in [4.78, 5) is 13.9. The molecule has 0 bridgehead atoms. The zero-order valence-corrected chi connectivity index (χ0v) is 10.4. The molecule has 2 aromatic carbocycles. The number of rotatable bonds is 1. The molecule has 0 unspecified atom stereocenters. The molecule has 0 radical (unpaired) electrons. The Bertz CT molecular complexity index is 612. The van der Waals surface area contributed by atoms with Crippen LogP contribution in [0.3, 0.4) is 0 Å². The number of benzene rings is 2. The van der Waals surface area contributed by atoms with Crippen LogP contribution in [0.2, 0.25) is 0 Å². The average Bonchev–Trinajstić information content (AvgIpc) is 2.63. The van der Waals surface area contributed by atoms with E-state index in [0.29, 0.717) is 0 Å². The van der Waals surface area contributed by atoms with E-state index in [1.54, 1.807) is 4.90 Å². The second-order valence-electron chi connectivity index (χ2n) is 4.38. The molecule has 2 N–H and O–H groups in total. The Kier molecular flexibility index (Phi) is 2.89. The van der Waals surface area contributed by atoms with Gasteiger partial charge in [0.15, 0.2) is 0 Å². The predicted octanol–water partition coefficient (Wildman–Crippen LogP) is 2.79. The van der Waals surface area contributed by atoms with Crippen LogP contribution in [0.5, 0.6) is 0 Å². The SMILES string of the molecule is NCC(=O)N1c2ccccc2C=Cc2ccccc21. The predicted molar refractivity (Wildman–Crippen MR) is 78.0 cm³/mol. The van der Waals surface area contributed by atoms with Crippen LogP contribution in [-0.2, 0) is 4.79 Å². The van der Waals surface area contributed by atoms with Crippen molar-refractivity contribution in [2.75, 3.05) is 11.4 Å². The fourth-order valence-electron chi connectivity index (χ4n) is 2.33. The van der Waals surface area contributed by atoms with E-state index in [0.717, 1.165) is 22.5 Å². The first kappa shape index (κ1) is 11.7. The summed E-state index contributed by atoms with van der Waals surface area (Å²) >= 11 is 0. The molecular formula is C16H14N2O. The van der Waals surface area contributed by atoms with Crippen molar-refractivity contribution in [1.82, 2.24) is 0 Å². The van der Waals surface area contributed by atoms with Crippen molar-refractivity contribution in [2.45, 2.75) is 0 Å². The summed E-state index contributed by atoms with van der Waals surface area (Å²) in [5.41, 5.74) is 9.33. The van der Waals surface area contributed by atoms with Crippen LogP contribution >= 0.6 is 0 Å². The standard InChI is InChI=1S/C16H14N2O/c17-11-16(19)18-14-7-3-1-5-12(14)9-10-13-6-2-4-8-15(13)18/h1-10H,11,17H2. The number of nitrogens with two attached hydrogens (primary N) is 1. The molecular weight excluding hydrogens is 236 g/mol. The molecule has 0 saturated carbocycles. The monoisotopic (exact) mass is 250 g/mol. The first-order valence-corrected chi connectivity index (χ1v) is 6.20. The number of nitrogens with zero attached hydrogens (tertiary/aromatic N) is 1. The molecule has 0 atom stereocenters. The zero-order valence-electron chi connectivity index (χ0n) is 10.4. The van der Waals surface area contributed by atoms with Gasteiger partial charge in [0.05, 0.1) is 17.9 Å². The van der Waals surface area contributed by atoms with E-state index in [9.17, 15) is 4.79 Å². The molecule has 0 fully saturated rings. The Morgan fingerprint density at radius 3 is 1.84 bits per heavy atom. The van der Waals surface area contributed by atoms with Crippen LogP contribution in [0.15, 0.2) is 48.5 Å². The molecule has 19 heavy (non-hydrogen) atoms.